The van der Waals surface area contributed by atoms with Crippen molar-refractivity contribution in [1.29, 1.82) is 0 Å². The summed E-state index contributed by atoms with van der Waals surface area (Å²) in [5.41, 5.74) is -0.160. The lowest BCUT2D eigenvalue weighted by Crippen LogP contribution is -2.47. The van der Waals surface area contributed by atoms with Crippen molar-refractivity contribution in [3.63, 3.8) is 0 Å². The lowest BCUT2D eigenvalue weighted by molar-refractivity contribution is -0.125. The number of ether oxygens (including phenoxy) is 1. The van der Waals surface area contributed by atoms with Gasteiger partial charge in [-0.05, 0) is 37.8 Å². The molecule has 2 N–H and O–H groups in total. The normalized spacial score (nSPS) is 12.1. The summed E-state index contributed by atoms with van der Waals surface area (Å²) in [5.74, 6) is 0.160. The number of benzene rings is 1. The molecule has 0 saturated carbocycles. The van der Waals surface area contributed by atoms with Gasteiger partial charge in [-0.1, -0.05) is 32.9 Å². The minimum atomic E-state index is -0.294. The van der Waals surface area contributed by atoms with Crippen molar-refractivity contribution < 1.29 is 14.6 Å². The molecule has 4 heteroatoms. The Bertz CT molecular complexity index is 461. The SMILES string of the molecule is CC(C)(C)CC(C)(C)NC(=O)COc1ccccc1O. The second-order valence-electron chi connectivity index (χ2n) is 6.93. The Morgan fingerprint density at radius 2 is 1.80 bits per heavy atom. The van der Waals surface area contributed by atoms with Gasteiger partial charge in [0.05, 0.1) is 0 Å². The number of hydrogen-bond donors (Lipinski definition) is 2. The Kier molecular flexibility index (Phi) is 5.03. The molecule has 0 radical (unpaired) electrons. The van der Waals surface area contributed by atoms with E-state index >= 15 is 0 Å². The van der Waals surface area contributed by atoms with Crippen LogP contribution < -0.4 is 10.1 Å². The van der Waals surface area contributed by atoms with E-state index in [2.05, 4.69) is 26.1 Å². The van der Waals surface area contributed by atoms with Gasteiger partial charge in [-0.3, -0.25) is 4.79 Å². The highest BCUT2D eigenvalue weighted by Crippen LogP contribution is 2.27. The molecule has 0 saturated heterocycles. The minimum absolute atomic E-state index is 0.0363. The molecule has 0 atom stereocenters. The summed E-state index contributed by atoms with van der Waals surface area (Å²) in [7, 11) is 0. The molecule has 112 valence electrons. The van der Waals surface area contributed by atoms with Crippen LogP contribution in [0.5, 0.6) is 11.5 Å². The highest BCUT2D eigenvalue weighted by atomic mass is 16.5. The molecule has 0 bridgehead atoms. The van der Waals surface area contributed by atoms with Crippen LogP contribution in [0, 0.1) is 5.41 Å². The van der Waals surface area contributed by atoms with Crippen LogP contribution in [0.3, 0.4) is 0 Å². The van der Waals surface area contributed by atoms with Gasteiger partial charge < -0.3 is 15.2 Å². The van der Waals surface area contributed by atoms with Gasteiger partial charge in [-0.25, -0.2) is 0 Å². The summed E-state index contributed by atoms with van der Waals surface area (Å²) in [6, 6.07) is 6.60. The molecule has 0 aliphatic heterocycles. The standard InChI is InChI=1S/C16H25NO3/c1-15(2,3)11-16(4,5)17-14(19)10-20-13-9-7-6-8-12(13)18/h6-9,18H,10-11H2,1-5H3,(H,17,19). The number of carbonyl (C=O) groups excluding carboxylic acids is 1. The van der Waals surface area contributed by atoms with Gasteiger partial charge >= 0.3 is 0 Å². The molecule has 1 aromatic carbocycles. The van der Waals surface area contributed by atoms with E-state index in [1.807, 2.05) is 13.8 Å². The Morgan fingerprint density at radius 1 is 1.20 bits per heavy atom. The summed E-state index contributed by atoms with van der Waals surface area (Å²) in [6.07, 6.45) is 0.863. The van der Waals surface area contributed by atoms with Crippen molar-refractivity contribution >= 4 is 5.91 Å². The van der Waals surface area contributed by atoms with Crippen LogP contribution in [0.1, 0.15) is 41.0 Å². The van der Waals surface area contributed by atoms with Crippen molar-refractivity contribution in [2.45, 2.75) is 46.6 Å². The topological polar surface area (TPSA) is 58.6 Å². The molecule has 0 unspecified atom stereocenters. The molecule has 0 aromatic heterocycles. The van der Waals surface area contributed by atoms with Crippen molar-refractivity contribution in [2.75, 3.05) is 6.61 Å². The quantitative estimate of drug-likeness (QED) is 0.870. The first-order valence-electron chi connectivity index (χ1n) is 6.81. The van der Waals surface area contributed by atoms with Gasteiger partial charge in [-0.2, -0.15) is 0 Å². The van der Waals surface area contributed by atoms with Gasteiger partial charge in [-0.15, -0.1) is 0 Å². The van der Waals surface area contributed by atoms with Crippen molar-refractivity contribution in [2.24, 2.45) is 5.41 Å². The molecule has 20 heavy (non-hydrogen) atoms. The number of hydrogen-bond acceptors (Lipinski definition) is 3. The number of aromatic hydroxyl groups is 1. The zero-order valence-corrected chi connectivity index (χ0v) is 13.0. The maximum Gasteiger partial charge on any atom is 0.258 e. The van der Waals surface area contributed by atoms with E-state index in [1.54, 1.807) is 18.2 Å². The number of nitrogens with one attached hydrogen (secondary N) is 1. The molecule has 1 aromatic rings. The second kappa shape index (κ2) is 6.16. The van der Waals surface area contributed by atoms with Gasteiger partial charge in [0, 0.05) is 5.54 Å². The van der Waals surface area contributed by atoms with Crippen LogP contribution in [0.4, 0.5) is 0 Å². The Hall–Kier alpha value is -1.71. The lowest BCUT2D eigenvalue weighted by atomic mass is 9.82. The van der Waals surface area contributed by atoms with Crippen molar-refractivity contribution in [3.05, 3.63) is 24.3 Å². The highest BCUT2D eigenvalue weighted by molar-refractivity contribution is 5.78. The summed E-state index contributed by atoms with van der Waals surface area (Å²) >= 11 is 0. The third-order valence-electron chi connectivity index (χ3n) is 2.67. The first kappa shape index (κ1) is 16.3. The van der Waals surface area contributed by atoms with Gasteiger partial charge in [0.15, 0.2) is 18.1 Å². The number of phenolic OH excluding ortho intramolecular Hbond substituents is 1. The van der Waals surface area contributed by atoms with Crippen molar-refractivity contribution in [3.8, 4) is 11.5 Å². The summed E-state index contributed by atoms with van der Waals surface area (Å²) in [6.45, 7) is 10.3. The first-order valence-corrected chi connectivity index (χ1v) is 6.81. The first-order chi connectivity index (χ1) is 9.09. The van der Waals surface area contributed by atoms with Gasteiger partial charge in [0.1, 0.15) is 0 Å². The molecule has 1 amide bonds. The zero-order chi connectivity index (χ0) is 15.4. The highest BCUT2D eigenvalue weighted by Gasteiger charge is 2.27. The number of phenols is 1. The van der Waals surface area contributed by atoms with Crippen LogP contribution in [0.15, 0.2) is 24.3 Å². The van der Waals surface area contributed by atoms with Crippen LogP contribution >= 0.6 is 0 Å². The Labute approximate surface area is 121 Å². The van der Waals surface area contributed by atoms with Crippen LogP contribution in [-0.4, -0.2) is 23.2 Å². The van der Waals surface area contributed by atoms with Gasteiger partial charge in [0.2, 0.25) is 0 Å². The summed E-state index contributed by atoms with van der Waals surface area (Å²) in [4.78, 5) is 11.9. The van der Waals surface area contributed by atoms with Crippen LogP contribution in [-0.2, 0) is 4.79 Å². The zero-order valence-electron chi connectivity index (χ0n) is 13.0. The Balaban J connectivity index is 2.50. The number of carbonyl (C=O) groups is 1. The van der Waals surface area contributed by atoms with E-state index in [-0.39, 0.29) is 29.2 Å². The molecule has 0 fully saturated rings. The van der Waals surface area contributed by atoms with Crippen molar-refractivity contribution in [1.82, 2.24) is 5.32 Å². The molecule has 0 aliphatic carbocycles. The number of amides is 1. The molecule has 0 heterocycles. The smallest absolute Gasteiger partial charge is 0.258 e. The molecular weight excluding hydrogens is 254 g/mol. The Morgan fingerprint density at radius 3 is 2.35 bits per heavy atom. The fourth-order valence-corrected chi connectivity index (χ4v) is 2.51. The minimum Gasteiger partial charge on any atom is -0.504 e. The summed E-state index contributed by atoms with van der Waals surface area (Å²) < 4.78 is 5.31. The predicted molar refractivity (Wildman–Crippen MR) is 79.9 cm³/mol. The summed E-state index contributed by atoms with van der Waals surface area (Å²) in [5, 5.41) is 12.5. The third kappa shape index (κ3) is 5.95. The van der Waals surface area contributed by atoms with Crippen LogP contribution in [0.25, 0.3) is 0 Å². The van der Waals surface area contributed by atoms with E-state index in [4.69, 9.17) is 4.74 Å². The maximum absolute atomic E-state index is 11.9. The predicted octanol–water partition coefficient (Wildman–Crippen LogP) is 3.10. The fourth-order valence-electron chi connectivity index (χ4n) is 2.51. The molecular formula is C16H25NO3. The van der Waals surface area contributed by atoms with Gasteiger partial charge in [0.25, 0.3) is 5.91 Å². The third-order valence-corrected chi connectivity index (χ3v) is 2.67. The van der Waals surface area contributed by atoms with E-state index in [0.29, 0.717) is 5.75 Å². The van der Waals surface area contributed by atoms with E-state index in [9.17, 15) is 9.90 Å². The monoisotopic (exact) mass is 279 g/mol. The van der Waals surface area contributed by atoms with E-state index in [0.717, 1.165) is 6.42 Å². The molecule has 0 aliphatic rings. The maximum atomic E-state index is 11.9. The molecule has 1 rings (SSSR count). The average molecular weight is 279 g/mol. The fraction of sp³-hybridized carbons (Fsp3) is 0.562. The largest absolute Gasteiger partial charge is 0.504 e. The van der Waals surface area contributed by atoms with Crippen LogP contribution in [0.2, 0.25) is 0 Å². The molecule has 4 nitrogen and oxygen atoms in total. The second-order valence-corrected chi connectivity index (χ2v) is 6.93. The lowest BCUT2D eigenvalue weighted by Gasteiger charge is -2.33. The number of rotatable bonds is 5. The van der Waals surface area contributed by atoms with E-state index in [1.165, 1.54) is 6.07 Å². The average Bonchev–Trinajstić information content (AvgIpc) is 2.23. The number of para-hydroxylation sites is 2. The molecule has 0 spiro atoms. The van der Waals surface area contributed by atoms with E-state index < -0.39 is 0 Å².